The first-order chi connectivity index (χ1) is 9.60. The average molecular weight is 275 g/mol. The van der Waals surface area contributed by atoms with Gasteiger partial charge in [0.25, 0.3) is 5.91 Å². The number of nitrogens with one attached hydrogen (secondary N) is 2. The van der Waals surface area contributed by atoms with E-state index in [0.717, 1.165) is 0 Å². The minimum absolute atomic E-state index is 0.0402. The number of H-pyrrole nitrogens is 1. The van der Waals surface area contributed by atoms with Crippen LogP contribution in [0.15, 0.2) is 18.3 Å². The lowest BCUT2D eigenvalue weighted by Crippen LogP contribution is -2.24. The summed E-state index contributed by atoms with van der Waals surface area (Å²) in [6, 6.07) is 2.97. The smallest absolute Gasteiger partial charge is 0.354 e. The van der Waals surface area contributed by atoms with E-state index in [9.17, 15) is 9.59 Å². The summed E-state index contributed by atoms with van der Waals surface area (Å²) in [5, 5.41) is 17.8. The molecule has 0 aromatic carbocycles. The lowest BCUT2D eigenvalue weighted by molar-refractivity contribution is 0.0690. The van der Waals surface area contributed by atoms with Crippen molar-refractivity contribution < 1.29 is 14.7 Å². The van der Waals surface area contributed by atoms with Crippen LogP contribution in [0.5, 0.6) is 0 Å². The quantitative estimate of drug-likeness (QED) is 0.725. The normalized spacial score (nSPS) is 10.2. The lowest BCUT2D eigenvalue weighted by Gasteiger charge is -2.02. The molecule has 8 heteroatoms. The predicted molar refractivity (Wildman–Crippen MR) is 68.1 cm³/mol. The summed E-state index contributed by atoms with van der Waals surface area (Å²) in [7, 11) is 0. The Balaban J connectivity index is 1.94. The molecule has 0 bridgehead atoms. The molecule has 0 aliphatic heterocycles. The van der Waals surface area contributed by atoms with E-state index >= 15 is 0 Å². The first-order valence-corrected chi connectivity index (χ1v) is 5.98. The average Bonchev–Trinajstić information content (AvgIpc) is 2.94. The molecule has 1 amide bonds. The van der Waals surface area contributed by atoms with Crippen LogP contribution in [0, 0.1) is 0 Å². The number of rotatable bonds is 5. The molecule has 2 aromatic rings. The second-order valence-electron chi connectivity index (χ2n) is 4.00. The molecule has 0 spiro atoms. The molecule has 2 heterocycles. The van der Waals surface area contributed by atoms with Crippen molar-refractivity contribution in [1.29, 1.82) is 0 Å². The van der Waals surface area contributed by atoms with Gasteiger partial charge in [-0.25, -0.2) is 14.8 Å². The maximum absolute atomic E-state index is 11.8. The summed E-state index contributed by atoms with van der Waals surface area (Å²) >= 11 is 0. The van der Waals surface area contributed by atoms with Gasteiger partial charge in [0.2, 0.25) is 5.82 Å². The van der Waals surface area contributed by atoms with Crippen molar-refractivity contribution in [1.82, 2.24) is 25.5 Å². The number of aromatic nitrogens is 4. The number of amides is 1. The van der Waals surface area contributed by atoms with Crippen LogP contribution in [0.1, 0.15) is 39.4 Å². The van der Waals surface area contributed by atoms with Crippen LogP contribution in [-0.4, -0.2) is 37.1 Å². The van der Waals surface area contributed by atoms with Gasteiger partial charge in [0.05, 0.1) is 0 Å². The summed E-state index contributed by atoms with van der Waals surface area (Å²) < 4.78 is 0. The van der Waals surface area contributed by atoms with Crippen LogP contribution in [-0.2, 0) is 13.0 Å². The Labute approximate surface area is 114 Å². The number of hydrogen-bond donors (Lipinski definition) is 3. The SMILES string of the molecule is CCc1nc(C(=O)NCc2ccc(C(=O)O)nc2)n[nH]1. The van der Waals surface area contributed by atoms with Gasteiger partial charge in [-0.2, -0.15) is 0 Å². The number of pyridine rings is 1. The topological polar surface area (TPSA) is 121 Å². The van der Waals surface area contributed by atoms with Gasteiger partial charge < -0.3 is 10.4 Å². The zero-order chi connectivity index (χ0) is 14.5. The fourth-order valence-electron chi connectivity index (χ4n) is 1.47. The third kappa shape index (κ3) is 3.16. The van der Waals surface area contributed by atoms with E-state index in [1.165, 1.54) is 12.3 Å². The molecular formula is C12H13N5O3. The largest absolute Gasteiger partial charge is 0.477 e. The summed E-state index contributed by atoms with van der Waals surface area (Å²) in [5.41, 5.74) is 0.649. The van der Waals surface area contributed by atoms with Crippen molar-refractivity contribution in [3.63, 3.8) is 0 Å². The lowest BCUT2D eigenvalue weighted by atomic mass is 10.2. The zero-order valence-corrected chi connectivity index (χ0v) is 10.8. The highest BCUT2D eigenvalue weighted by Gasteiger charge is 2.11. The van der Waals surface area contributed by atoms with Crippen LogP contribution in [0.2, 0.25) is 0 Å². The molecule has 20 heavy (non-hydrogen) atoms. The van der Waals surface area contributed by atoms with Crippen LogP contribution in [0.25, 0.3) is 0 Å². The van der Waals surface area contributed by atoms with Gasteiger partial charge in [-0.15, -0.1) is 5.10 Å². The predicted octanol–water partition coefficient (Wildman–Crippen LogP) is 0.390. The molecule has 3 N–H and O–H groups in total. The van der Waals surface area contributed by atoms with Crippen molar-refractivity contribution >= 4 is 11.9 Å². The van der Waals surface area contributed by atoms with Crippen LogP contribution in [0.4, 0.5) is 0 Å². The van der Waals surface area contributed by atoms with Crippen molar-refractivity contribution in [2.45, 2.75) is 19.9 Å². The van der Waals surface area contributed by atoms with Crippen molar-refractivity contribution in [2.75, 3.05) is 0 Å². The second kappa shape index (κ2) is 5.91. The number of aromatic amines is 1. The molecular weight excluding hydrogens is 262 g/mol. The first-order valence-electron chi connectivity index (χ1n) is 5.98. The number of carbonyl (C=O) groups is 2. The van der Waals surface area contributed by atoms with Gasteiger partial charge in [-0.3, -0.25) is 9.89 Å². The molecule has 0 fully saturated rings. The number of carboxylic acid groups (broad SMARTS) is 1. The molecule has 2 aromatic heterocycles. The Kier molecular flexibility index (Phi) is 4.04. The van der Waals surface area contributed by atoms with E-state index in [1.54, 1.807) is 6.07 Å². The maximum Gasteiger partial charge on any atom is 0.354 e. The number of hydrogen-bond acceptors (Lipinski definition) is 5. The van der Waals surface area contributed by atoms with E-state index < -0.39 is 11.9 Å². The van der Waals surface area contributed by atoms with Crippen molar-refractivity contribution in [3.05, 3.63) is 41.2 Å². The van der Waals surface area contributed by atoms with Gasteiger partial charge in [0, 0.05) is 19.2 Å². The molecule has 0 saturated carbocycles. The monoisotopic (exact) mass is 275 g/mol. The summed E-state index contributed by atoms with van der Waals surface area (Å²) in [4.78, 5) is 30.2. The number of aromatic carboxylic acids is 1. The van der Waals surface area contributed by atoms with Crippen molar-refractivity contribution in [2.24, 2.45) is 0 Å². The molecule has 0 aliphatic carbocycles. The van der Waals surface area contributed by atoms with Gasteiger partial charge in [-0.1, -0.05) is 13.0 Å². The van der Waals surface area contributed by atoms with E-state index in [1.807, 2.05) is 6.92 Å². The van der Waals surface area contributed by atoms with Gasteiger partial charge >= 0.3 is 5.97 Å². The highest BCUT2D eigenvalue weighted by Crippen LogP contribution is 2.01. The van der Waals surface area contributed by atoms with E-state index in [4.69, 9.17) is 5.11 Å². The fourth-order valence-corrected chi connectivity index (χ4v) is 1.47. The number of carbonyl (C=O) groups excluding carboxylic acids is 1. The van der Waals surface area contributed by atoms with E-state index in [0.29, 0.717) is 17.8 Å². The Morgan fingerprint density at radius 2 is 2.20 bits per heavy atom. The third-order valence-electron chi connectivity index (χ3n) is 2.57. The number of nitrogens with zero attached hydrogens (tertiary/aromatic N) is 3. The Morgan fingerprint density at radius 1 is 1.40 bits per heavy atom. The second-order valence-corrected chi connectivity index (χ2v) is 4.00. The van der Waals surface area contributed by atoms with Crippen molar-refractivity contribution in [3.8, 4) is 0 Å². The maximum atomic E-state index is 11.8. The minimum Gasteiger partial charge on any atom is -0.477 e. The van der Waals surface area contributed by atoms with Crippen LogP contribution in [0.3, 0.4) is 0 Å². The first kappa shape index (κ1) is 13.7. The van der Waals surface area contributed by atoms with Gasteiger partial charge in [-0.05, 0) is 11.6 Å². The van der Waals surface area contributed by atoms with E-state index in [-0.39, 0.29) is 18.1 Å². The minimum atomic E-state index is -1.09. The summed E-state index contributed by atoms with van der Waals surface area (Å²) in [6.07, 6.45) is 2.07. The zero-order valence-electron chi connectivity index (χ0n) is 10.8. The molecule has 0 radical (unpaired) electrons. The Hall–Kier alpha value is -2.77. The Bertz CT molecular complexity index is 620. The molecule has 0 saturated heterocycles. The number of carboxylic acids is 1. The molecule has 0 unspecified atom stereocenters. The molecule has 2 rings (SSSR count). The highest BCUT2D eigenvalue weighted by atomic mass is 16.4. The third-order valence-corrected chi connectivity index (χ3v) is 2.57. The van der Waals surface area contributed by atoms with Crippen LogP contribution >= 0.6 is 0 Å². The molecule has 0 aliphatic rings. The fraction of sp³-hybridized carbons (Fsp3) is 0.250. The highest BCUT2D eigenvalue weighted by molar-refractivity contribution is 5.90. The summed E-state index contributed by atoms with van der Waals surface area (Å²) in [6.45, 7) is 2.12. The van der Waals surface area contributed by atoms with E-state index in [2.05, 4.69) is 25.5 Å². The molecule has 104 valence electrons. The standard InChI is InChI=1S/C12H13N5O3/c1-2-9-15-10(17-16-9)11(18)14-6-7-3-4-8(12(19)20)13-5-7/h3-5H,2,6H2,1H3,(H,14,18)(H,19,20)(H,15,16,17). The molecule has 0 atom stereocenters. The van der Waals surface area contributed by atoms with Crippen LogP contribution < -0.4 is 5.32 Å². The van der Waals surface area contributed by atoms with Gasteiger partial charge in [0.1, 0.15) is 11.5 Å². The van der Waals surface area contributed by atoms with Gasteiger partial charge in [0.15, 0.2) is 0 Å². The Morgan fingerprint density at radius 3 is 2.75 bits per heavy atom. The molecule has 8 nitrogen and oxygen atoms in total. The number of aryl methyl sites for hydroxylation is 1. The summed E-state index contributed by atoms with van der Waals surface area (Å²) in [5.74, 6) is -0.767.